The fraction of sp³-hybridized carbons (Fsp3) is 0.222. The van der Waals surface area contributed by atoms with Crippen LogP contribution in [0.4, 0.5) is 0 Å². The number of hydrogen-bond acceptors (Lipinski definition) is 3. The number of methoxy groups -OCH3 is 1. The van der Waals surface area contributed by atoms with Gasteiger partial charge < -0.3 is 14.9 Å². The Morgan fingerprint density at radius 1 is 1.05 bits per heavy atom. The topological polar surface area (TPSA) is 48.4 Å². The molecule has 3 aromatic rings. The van der Waals surface area contributed by atoms with Crippen molar-refractivity contribution in [1.82, 2.24) is 0 Å². The summed E-state index contributed by atoms with van der Waals surface area (Å²) in [6.07, 6.45) is 0. The molecule has 2 N–H and O–H groups in total. The molecule has 0 spiro atoms. The van der Waals surface area contributed by atoms with Crippen molar-refractivity contribution in [1.29, 1.82) is 0 Å². The molecule has 3 nitrogen and oxygen atoms in total. The zero-order valence-corrected chi connectivity index (χ0v) is 12.5. The SMILES string of the molecule is COc1ccc(C(N)c2cc3cc(C)ccc3o2)c(C)c1. The summed E-state index contributed by atoms with van der Waals surface area (Å²) in [4.78, 5) is 0. The van der Waals surface area contributed by atoms with Crippen LogP contribution in [0.5, 0.6) is 5.75 Å². The third kappa shape index (κ3) is 2.52. The van der Waals surface area contributed by atoms with E-state index >= 15 is 0 Å². The van der Waals surface area contributed by atoms with Crippen LogP contribution in [0.2, 0.25) is 0 Å². The van der Waals surface area contributed by atoms with Gasteiger partial charge in [0, 0.05) is 5.39 Å². The van der Waals surface area contributed by atoms with Gasteiger partial charge in [0.25, 0.3) is 0 Å². The zero-order valence-electron chi connectivity index (χ0n) is 12.5. The van der Waals surface area contributed by atoms with Gasteiger partial charge >= 0.3 is 0 Å². The minimum Gasteiger partial charge on any atom is -0.497 e. The second-order valence-corrected chi connectivity index (χ2v) is 5.39. The number of fused-ring (bicyclic) bond motifs is 1. The van der Waals surface area contributed by atoms with Gasteiger partial charge in [0.05, 0.1) is 13.2 Å². The van der Waals surface area contributed by atoms with Crippen LogP contribution in [-0.4, -0.2) is 7.11 Å². The predicted octanol–water partition coefficient (Wildman–Crippen LogP) is 4.11. The van der Waals surface area contributed by atoms with Gasteiger partial charge in [-0.25, -0.2) is 0 Å². The number of aryl methyl sites for hydroxylation is 2. The maximum atomic E-state index is 6.38. The molecular formula is C18H19NO2. The van der Waals surface area contributed by atoms with Gasteiger partial charge in [-0.3, -0.25) is 0 Å². The van der Waals surface area contributed by atoms with Gasteiger partial charge in [-0.1, -0.05) is 17.7 Å². The molecule has 0 bridgehead atoms. The van der Waals surface area contributed by atoms with Crippen molar-refractivity contribution in [3.8, 4) is 5.75 Å². The van der Waals surface area contributed by atoms with E-state index in [4.69, 9.17) is 14.9 Å². The third-order valence-corrected chi connectivity index (χ3v) is 3.81. The lowest BCUT2D eigenvalue weighted by Gasteiger charge is -2.13. The molecular weight excluding hydrogens is 262 g/mol. The van der Waals surface area contributed by atoms with E-state index in [1.807, 2.05) is 43.3 Å². The van der Waals surface area contributed by atoms with Crippen LogP contribution < -0.4 is 10.5 Å². The molecule has 2 aromatic carbocycles. The van der Waals surface area contributed by atoms with Crippen LogP contribution in [0.1, 0.15) is 28.5 Å². The highest BCUT2D eigenvalue weighted by Gasteiger charge is 2.16. The van der Waals surface area contributed by atoms with Gasteiger partial charge in [-0.2, -0.15) is 0 Å². The quantitative estimate of drug-likeness (QED) is 0.786. The number of nitrogens with two attached hydrogens (primary N) is 1. The molecule has 0 aliphatic rings. The van der Waals surface area contributed by atoms with Crippen LogP contribution in [-0.2, 0) is 0 Å². The summed E-state index contributed by atoms with van der Waals surface area (Å²) in [5.41, 5.74) is 10.6. The molecule has 0 aliphatic heterocycles. The summed E-state index contributed by atoms with van der Waals surface area (Å²) >= 11 is 0. The number of benzene rings is 2. The largest absolute Gasteiger partial charge is 0.497 e. The minimum atomic E-state index is -0.274. The van der Waals surface area contributed by atoms with Gasteiger partial charge in [0.1, 0.15) is 17.1 Å². The molecule has 1 atom stereocenters. The highest BCUT2D eigenvalue weighted by Crippen LogP contribution is 2.30. The van der Waals surface area contributed by atoms with Gasteiger partial charge in [-0.05, 0) is 55.3 Å². The van der Waals surface area contributed by atoms with Crippen LogP contribution in [0.15, 0.2) is 46.9 Å². The Balaban J connectivity index is 2.01. The fourth-order valence-electron chi connectivity index (χ4n) is 2.61. The minimum absolute atomic E-state index is 0.274. The molecule has 0 radical (unpaired) electrons. The van der Waals surface area contributed by atoms with Crippen molar-refractivity contribution in [3.05, 3.63) is 64.9 Å². The average molecular weight is 281 g/mol. The highest BCUT2D eigenvalue weighted by atomic mass is 16.5. The summed E-state index contributed by atoms with van der Waals surface area (Å²) in [6.45, 7) is 4.10. The van der Waals surface area contributed by atoms with E-state index in [2.05, 4.69) is 13.0 Å². The Morgan fingerprint density at radius 2 is 1.86 bits per heavy atom. The third-order valence-electron chi connectivity index (χ3n) is 3.81. The molecule has 21 heavy (non-hydrogen) atoms. The first kappa shape index (κ1) is 13.7. The van der Waals surface area contributed by atoms with Crippen LogP contribution in [0, 0.1) is 13.8 Å². The van der Waals surface area contributed by atoms with Crippen molar-refractivity contribution in [2.75, 3.05) is 7.11 Å². The lowest BCUT2D eigenvalue weighted by Crippen LogP contribution is -2.12. The lowest BCUT2D eigenvalue weighted by atomic mass is 9.99. The second kappa shape index (κ2) is 5.26. The van der Waals surface area contributed by atoms with Crippen LogP contribution in [0.25, 0.3) is 11.0 Å². The van der Waals surface area contributed by atoms with Crippen LogP contribution >= 0.6 is 0 Å². The van der Waals surface area contributed by atoms with Crippen molar-refractivity contribution in [3.63, 3.8) is 0 Å². The second-order valence-electron chi connectivity index (χ2n) is 5.39. The summed E-state index contributed by atoms with van der Waals surface area (Å²) in [5.74, 6) is 1.62. The smallest absolute Gasteiger partial charge is 0.134 e. The maximum Gasteiger partial charge on any atom is 0.134 e. The number of rotatable bonds is 3. The molecule has 1 unspecified atom stereocenters. The lowest BCUT2D eigenvalue weighted by molar-refractivity contribution is 0.414. The standard InChI is InChI=1S/C18H19NO2/c1-11-4-7-16-13(8-11)10-17(21-16)18(19)15-6-5-14(20-3)9-12(15)2/h4-10,18H,19H2,1-3H3. The Labute approximate surface area is 124 Å². The number of furan rings is 1. The van der Waals surface area contributed by atoms with Gasteiger partial charge in [0.15, 0.2) is 0 Å². The van der Waals surface area contributed by atoms with Gasteiger partial charge in [0.2, 0.25) is 0 Å². The first-order valence-electron chi connectivity index (χ1n) is 6.98. The average Bonchev–Trinajstić information content (AvgIpc) is 2.89. The normalized spacial score (nSPS) is 12.6. The zero-order chi connectivity index (χ0) is 15.0. The molecule has 0 saturated carbocycles. The van der Waals surface area contributed by atoms with E-state index in [0.717, 1.165) is 33.6 Å². The first-order chi connectivity index (χ1) is 10.1. The van der Waals surface area contributed by atoms with Crippen molar-refractivity contribution < 1.29 is 9.15 Å². The van der Waals surface area contributed by atoms with E-state index in [1.165, 1.54) is 5.56 Å². The van der Waals surface area contributed by atoms with E-state index in [-0.39, 0.29) is 6.04 Å². The van der Waals surface area contributed by atoms with E-state index in [9.17, 15) is 0 Å². The molecule has 0 saturated heterocycles. The monoisotopic (exact) mass is 281 g/mol. The van der Waals surface area contributed by atoms with E-state index in [1.54, 1.807) is 7.11 Å². The van der Waals surface area contributed by atoms with Crippen LogP contribution in [0.3, 0.4) is 0 Å². The molecule has 0 amide bonds. The van der Waals surface area contributed by atoms with Crippen molar-refractivity contribution in [2.24, 2.45) is 5.73 Å². The van der Waals surface area contributed by atoms with Crippen molar-refractivity contribution in [2.45, 2.75) is 19.9 Å². The Bertz CT molecular complexity index is 789. The Hall–Kier alpha value is -2.26. The maximum absolute atomic E-state index is 6.38. The van der Waals surface area contributed by atoms with E-state index < -0.39 is 0 Å². The molecule has 3 rings (SSSR count). The molecule has 3 heteroatoms. The first-order valence-corrected chi connectivity index (χ1v) is 6.98. The fourth-order valence-corrected chi connectivity index (χ4v) is 2.61. The molecule has 0 aliphatic carbocycles. The molecule has 0 fully saturated rings. The highest BCUT2D eigenvalue weighted by molar-refractivity contribution is 5.79. The number of hydrogen-bond donors (Lipinski definition) is 1. The summed E-state index contributed by atoms with van der Waals surface area (Å²) < 4.78 is 11.1. The number of ether oxygens (including phenoxy) is 1. The van der Waals surface area contributed by atoms with E-state index in [0.29, 0.717) is 0 Å². The van der Waals surface area contributed by atoms with Crippen molar-refractivity contribution >= 4 is 11.0 Å². The Morgan fingerprint density at radius 3 is 2.57 bits per heavy atom. The Kier molecular flexibility index (Phi) is 3.43. The molecule has 108 valence electrons. The van der Waals surface area contributed by atoms with Gasteiger partial charge in [-0.15, -0.1) is 0 Å². The summed E-state index contributed by atoms with van der Waals surface area (Å²) in [5, 5.41) is 1.09. The molecule has 1 heterocycles. The summed E-state index contributed by atoms with van der Waals surface area (Å²) in [7, 11) is 1.66. The summed E-state index contributed by atoms with van der Waals surface area (Å²) in [6, 6.07) is 13.8. The molecule has 1 aromatic heterocycles. The predicted molar refractivity (Wildman–Crippen MR) is 84.7 cm³/mol.